The van der Waals surface area contributed by atoms with Gasteiger partial charge in [-0.2, -0.15) is 0 Å². The van der Waals surface area contributed by atoms with Gasteiger partial charge in [0.05, 0.1) is 12.8 Å². The number of aromatic nitrogens is 1. The Morgan fingerprint density at radius 2 is 2.24 bits per heavy atom. The monoisotopic (exact) mass is 239 g/mol. The summed E-state index contributed by atoms with van der Waals surface area (Å²) in [6.45, 7) is 2.84. The number of nitrogen functional groups attached to an aromatic ring is 1. The predicted octanol–water partition coefficient (Wildman–Crippen LogP) is 0.383. The lowest BCUT2D eigenvalue weighted by Gasteiger charge is -2.07. The van der Waals surface area contributed by atoms with Crippen molar-refractivity contribution in [3.05, 3.63) is 18.0 Å². The Morgan fingerprint density at radius 3 is 2.82 bits per heavy atom. The Balaban J connectivity index is 2.70. The van der Waals surface area contributed by atoms with Crippen LogP contribution in [0.5, 0.6) is 0 Å². The number of nitrogens with zero attached hydrogens (tertiary/aromatic N) is 1. The highest BCUT2D eigenvalue weighted by Crippen LogP contribution is 2.12. The van der Waals surface area contributed by atoms with E-state index in [1.54, 1.807) is 10.8 Å². The van der Waals surface area contributed by atoms with Crippen molar-refractivity contribution in [2.24, 2.45) is 0 Å². The molecule has 1 heterocycles. The third kappa shape index (κ3) is 3.51. The molecule has 0 saturated carbocycles. The molecule has 0 fully saturated rings. The van der Waals surface area contributed by atoms with Gasteiger partial charge in [0.2, 0.25) is 5.91 Å². The Morgan fingerprint density at radius 1 is 1.53 bits per heavy atom. The summed E-state index contributed by atoms with van der Waals surface area (Å²) in [5, 5.41) is 2.69. The number of esters is 1. The summed E-state index contributed by atoms with van der Waals surface area (Å²) in [7, 11) is 1.31. The van der Waals surface area contributed by atoms with Crippen LogP contribution in [0.1, 0.15) is 23.8 Å². The minimum absolute atomic E-state index is 0.0596. The van der Waals surface area contributed by atoms with Gasteiger partial charge in [0.1, 0.15) is 5.69 Å². The summed E-state index contributed by atoms with van der Waals surface area (Å²) in [5.41, 5.74) is 6.44. The summed E-state index contributed by atoms with van der Waals surface area (Å²) in [6, 6.07) is 1.53. The van der Waals surface area contributed by atoms with E-state index in [1.165, 1.54) is 13.2 Å². The molecule has 0 unspecified atom stereocenters. The number of rotatable bonds is 5. The highest BCUT2D eigenvalue weighted by Gasteiger charge is 2.13. The molecular formula is C11H17N3O3. The number of nitrogens with two attached hydrogens (primary N) is 1. The lowest BCUT2D eigenvalue weighted by molar-refractivity contribution is -0.121. The predicted molar refractivity (Wildman–Crippen MR) is 63.5 cm³/mol. The molecule has 0 saturated heterocycles. The molecule has 0 aliphatic heterocycles. The van der Waals surface area contributed by atoms with Crippen molar-refractivity contribution in [3.63, 3.8) is 0 Å². The van der Waals surface area contributed by atoms with Crippen molar-refractivity contribution in [1.82, 2.24) is 9.88 Å². The fourth-order valence-electron chi connectivity index (χ4n) is 1.50. The van der Waals surface area contributed by atoms with Crippen LogP contribution in [0.3, 0.4) is 0 Å². The SMILES string of the molecule is CCNC(=O)CCn1cc(N)cc1C(=O)OC. The van der Waals surface area contributed by atoms with E-state index in [-0.39, 0.29) is 5.91 Å². The Labute approximate surface area is 99.7 Å². The van der Waals surface area contributed by atoms with Crippen LogP contribution in [0.4, 0.5) is 5.69 Å². The van der Waals surface area contributed by atoms with Crippen molar-refractivity contribution in [1.29, 1.82) is 0 Å². The summed E-state index contributed by atoms with van der Waals surface area (Å²) >= 11 is 0. The molecule has 1 aromatic heterocycles. The van der Waals surface area contributed by atoms with Crippen LogP contribution in [-0.2, 0) is 16.1 Å². The van der Waals surface area contributed by atoms with Gasteiger partial charge in [0.25, 0.3) is 0 Å². The van der Waals surface area contributed by atoms with Crippen molar-refractivity contribution < 1.29 is 14.3 Å². The fourth-order valence-corrected chi connectivity index (χ4v) is 1.50. The Hall–Kier alpha value is -1.98. The molecular weight excluding hydrogens is 222 g/mol. The van der Waals surface area contributed by atoms with Gasteiger partial charge in [-0.15, -0.1) is 0 Å². The third-order valence-corrected chi connectivity index (χ3v) is 2.27. The summed E-state index contributed by atoms with van der Waals surface area (Å²) in [4.78, 5) is 22.7. The first-order valence-electron chi connectivity index (χ1n) is 5.39. The van der Waals surface area contributed by atoms with E-state index in [2.05, 4.69) is 10.1 Å². The maximum absolute atomic E-state index is 11.4. The quantitative estimate of drug-likeness (QED) is 0.727. The summed E-state index contributed by atoms with van der Waals surface area (Å²) in [5.74, 6) is -0.520. The fraction of sp³-hybridized carbons (Fsp3) is 0.455. The second kappa shape index (κ2) is 5.93. The van der Waals surface area contributed by atoms with Crippen LogP contribution < -0.4 is 11.1 Å². The number of carbonyl (C=O) groups is 2. The van der Waals surface area contributed by atoms with Gasteiger partial charge < -0.3 is 20.4 Å². The minimum atomic E-state index is -0.461. The number of aryl methyl sites for hydroxylation is 1. The molecule has 94 valence electrons. The highest BCUT2D eigenvalue weighted by atomic mass is 16.5. The van der Waals surface area contributed by atoms with Gasteiger partial charge in [0.15, 0.2) is 0 Å². The molecule has 3 N–H and O–H groups in total. The van der Waals surface area contributed by atoms with Gasteiger partial charge in [-0.05, 0) is 13.0 Å². The number of methoxy groups -OCH3 is 1. The summed E-state index contributed by atoms with van der Waals surface area (Å²) < 4.78 is 6.25. The smallest absolute Gasteiger partial charge is 0.354 e. The minimum Gasteiger partial charge on any atom is -0.464 e. The molecule has 1 rings (SSSR count). The summed E-state index contributed by atoms with van der Waals surface area (Å²) in [6.07, 6.45) is 1.91. The molecule has 0 aromatic carbocycles. The van der Waals surface area contributed by atoms with Crippen LogP contribution in [0.25, 0.3) is 0 Å². The topological polar surface area (TPSA) is 86.4 Å². The lowest BCUT2D eigenvalue weighted by atomic mass is 10.3. The zero-order valence-electron chi connectivity index (χ0n) is 10.0. The molecule has 6 heteroatoms. The highest BCUT2D eigenvalue weighted by molar-refractivity contribution is 5.89. The lowest BCUT2D eigenvalue weighted by Crippen LogP contribution is -2.24. The van der Waals surface area contributed by atoms with E-state index in [4.69, 9.17) is 5.73 Å². The normalized spacial score (nSPS) is 10.0. The number of hydrogen-bond acceptors (Lipinski definition) is 4. The molecule has 1 aromatic rings. The molecule has 0 aliphatic rings. The molecule has 6 nitrogen and oxygen atoms in total. The van der Waals surface area contributed by atoms with Gasteiger partial charge >= 0.3 is 5.97 Å². The average Bonchev–Trinajstić information content (AvgIpc) is 2.67. The number of amides is 1. The largest absolute Gasteiger partial charge is 0.464 e. The third-order valence-electron chi connectivity index (χ3n) is 2.27. The number of carbonyl (C=O) groups excluding carboxylic acids is 2. The number of ether oxygens (including phenoxy) is 1. The Kier molecular flexibility index (Phi) is 4.56. The average molecular weight is 239 g/mol. The molecule has 1 amide bonds. The van der Waals surface area contributed by atoms with Crippen molar-refractivity contribution >= 4 is 17.6 Å². The van der Waals surface area contributed by atoms with Crippen LogP contribution in [0.2, 0.25) is 0 Å². The van der Waals surface area contributed by atoms with Crippen LogP contribution >= 0.6 is 0 Å². The van der Waals surface area contributed by atoms with E-state index in [0.29, 0.717) is 30.9 Å². The van der Waals surface area contributed by atoms with E-state index < -0.39 is 5.97 Å². The van der Waals surface area contributed by atoms with E-state index in [0.717, 1.165) is 0 Å². The van der Waals surface area contributed by atoms with Crippen molar-refractivity contribution in [2.75, 3.05) is 19.4 Å². The molecule has 0 aliphatic carbocycles. The van der Waals surface area contributed by atoms with Crippen molar-refractivity contribution in [3.8, 4) is 0 Å². The zero-order chi connectivity index (χ0) is 12.8. The standard InChI is InChI=1S/C11H17N3O3/c1-3-13-10(15)4-5-14-7-8(12)6-9(14)11(16)17-2/h6-7H,3-5,12H2,1-2H3,(H,13,15). The second-order valence-electron chi connectivity index (χ2n) is 3.55. The number of anilines is 1. The first-order chi connectivity index (χ1) is 8.08. The van der Waals surface area contributed by atoms with Gasteiger partial charge in [0, 0.05) is 25.7 Å². The van der Waals surface area contributed by atoms with Gasteiger partial charge in [-0.3, -0.25) is 4.79 Å². The van der Waals surface area contributed by atoms with E-state index in [1.807, 2.05) is 6.92 Å². The van der Waals surface area contributed by atoms with Crippen LogP contribution in [-0.4, -0.2) is 30.1 Å². The molecule has 0 atom stereocenters. The van der Waals surface area contributed by atoms with Gasteiger partial charge in [-0.1, -0.05) is 0 Å². The van der Waals surface area contributed by atoms with Crippen LogP contribution in [0, 0.1) is 0 Å². The maximum Gasteiger partial charge on any atom is 0.354 e. The molecule has 0 bridgehead atoms. The van der Waals surface area contributed by atoms with Crippen molar-refractivity contribution in [2.45, 2.75) is 19.9 Å². The first kappa shape index (κ1) is 13.1. The number of hydrogen-bond donors (Lipinski definition) is 2. The molecule has 17 heavy (non-hydrogen) atoms. The Bertz CT molecular complexity index is 412. The van der Waals surface area contributed by atoms with E-state index >= 15 is 0 Å². The number of nitrogens with one attached hydrogen (secondary N) is 1. The van der Waals surface area contributed by atoms with E-state index in [9.17, 15) is 9.59 Å². The maximum atomic E-state index is 11.4. The zero-order valence-corrected chi connectivity index (χ0v) is 10.0. The second-order valence-corrected chi connectivity index (χ2v) is 3.55. The molecule has 0 spiro atoms. The molecule has 0 radical (unpaired) electrons. The van der Waals surface area contributed by atoms with Crippen LogP contribution in [0.15, 0.2) is 12.3 Å². The van der Waals surface area contributed by atoms with Gasteiger partial charge in [-0.25, -0.2) is 4.79 Å². The first-order valence-corrected chi connectivity index (χ1v) is 5.39.